The Morgan fingerprint density at radius 3 is 2.37 bits per heavy atom. The van der Waals surface area contributed by atoms with Crippen LogP contribution in [0.25, 0.3) is 0 Å². The molecule has 1 nitrogen and oxygen atoms in total. The summed E-state index contributed by atoms with van der Waals surface area (Å²) in [6, 6.07) is 13.8. The van der Waals surface area contributed by atoms with Crippen LogP contribution in [0, 0.1) is 12.7 Å². The highest BCUT2D eigenvalue weighted by Gasteiger charge is 2.20. The first-order valence-electron chi connectivity index (χ1n) is 6.07. The number of hydrogen-bond acceptors (Lipinski definition) is 1. The average Bonchev–Trinajstić information content (AvgIpc) is 2.39. The summed E-state index contributed by atoms with van der Waals surface area (Å²) in [4.78, 5) is 11.6. The highest BCUT2D eigenvalue weighted by Crippen LogP contribution is 2.25. The van der Waals surface area contributed by atoms with Crippen LogP contribution < -0.4 is 0 Å². The molecule has 0 N–H and O–H groups in total. The molecule has 0 saturated carbocycles. The first-order valence-corrected chi connectivity index (χ1v) is 6.45. The number of carbonyl (C=O) groups excluding carboxylic acids is 1. The first-order chi connectivity index (χ1) is 9.08. The van der Waals surface area contributed by atoms with Gasteiger partial charge < -0.3 is 0 Å². The Morgan fingerprint density at radius 2 is 1.79 bits per heavy atom. The maximum Gasteiger partial charge on any atom is 0.229 e. The summed E-state index contributed by atoms with van der Waals surface area (Å²) in [6.07, 6.45) is 0.528. The Labute approximate surface area is 117 Å². The highest BCUT2D eigenvalue weighted by molar-refractivity contribution is 6.64. The molecule has 0 spiro atoms. The summed E-state index contributed by atoms with van der Waals surface area (Å²) < 4.78 is 12.9. The summed E-state index contributed by atoms with van der Waals surface area (Å²) in [7, 11) is 0. The van der Waals surface area contributed by atoms with E-state index < -0.39 is 11.2 Å². The van der Waals surface area contributed by atoms with E-state index in [2.05, 4.69) is 0 Å². The van der Waals surface area contributed by atoms with Crippen molar-refractivity contribution >= 4 is 16.8 Å². The molecule has 98 valence electrons. The molecular formula is C16H14ClFO. The fraction of sp³-hybridized carbons (Fsp3) is 0.188. The van der Waals surface area contributed by atoms with Crippen molar-refractivity contribution in [2.45, 2.75) is 19.3 Å². The highest BCUT2D eigenvalue weighted by atomic mass is 35.5. The largest absolute Gasteiger partial charge is 0.281 e. The van der Waals surface area contributed by atoms with Crippen LogP contribution >= 0.6 is 11.6 Å². The molecular weight excluding hydrogens is 263 g/mol. The van der Waals surface area contributed by atoms with E-state index in [1.165, 1.54) is 12.1 Å². The maximum atomic E-state index is 12.9. The Balaban J connectivity index is 2.29. The van der Waals surface area contributed by atoms with E-state index in [1.807, 2.05) is 31.2 Å². The molecule has 0 radical (unpaired) electrons. The van der Waals surface area contributed by atoms with Crippen molar-refractivity contribution in [1.82, 2.24) is 0 Å². The van der Waals surface area contributed by atoms with Gasteiger partial charge in [0.2, 0.25) is 5.24 Å². The van der Waals surface area contributed by atoms with Crippen molar-refractivity contribution in [3.8, 4) is 0 Å². The van der Waals surface area contributed by atoms with Gasteiger partial charge in [-0.15, -0.1) is 0 Å². The van der Waals surface area contributed by atoms with E-state index in [0.717, 1.165) is 16.7 Å². The van der Waals surface area contributed by atoms with Crippen LogP contribution in [-0.4, -0.2) is 5.24 Å². The fourth-order valence-corrected chi connectivity index (χ4v) is 2.29. The van der Waals surface area contributed by atoms with Gasteiger partial charge in [0.15, 0.2) is 0 Å². The van der Waals surface area contributed by atoms with Gasteiger partial charge >= 0.3 is 0 Å². The van der Waals surface area contributed by atoms with Gasteiger partial charge in [0.1, 0.15) is 5.82 Å². The van der Waals surface area contributed by atoms with E-state index in [9.17, 15) is 9.18 Å². The van der Waals surface area contributed by atoms with Crippen molar-refractivity contribution in [2.75, 3.05) is 0 Å². The fourth-order valence-electron chi connectivity index (χ4n) is 2.08. The summed E-state index contributed by atoms with van der Waals surface area (Å²) in [5, 5.41) is -0.421. The average molecular weight is 277 g/mol. The lowest BCUT2D eigenvalue weighted by molar-refractivity contribution is -0.113. The third kappa shape index (κ3) is 3.42. The Morgan fingerprint density at radius 1 is 1.16 bits per heavy atom. The molecule has 0 saturated heterocycles. The molecule has 0 heterocycles. The molecule has 2 aromatic rings. The van der Waals surface area contributed by atoms with Crippen molar-refractivity contribution < 1.29 is 9.18 Å². The lowest BCUT2D eigenvalue weighted by Gasteiger charge is -2.14. The number of hydrogen-bond donors (Lipinski definition) is 0. The normalized spacial score (nSPS) is 12.2. The molecule has 0 amide bonds. The van der Waals surface area contributed by atoms with Crippen molar-refractivity contribution in [3.05, 3.63) is 71.0 Å². The van der Waals surface area contributed by atoms with E-state index in [0.29, 0.717) is 6.42 Å². The maximum absolute atomic E-state index is 12.9. The molecule has 0 fully saturated rings. The topological polar surface area (TPSA) is 17.1 Å². The van der Waals surface area contributed by atoms with Gasteiger partial charge in [-0.05, 0) is 53.8 Å². The number of aryl methyl sites for hydroxylation is 1. The molecule has 0 aliphatic heterocycles. The monoisotopic (exact) mass is 276 g/mol. The SMILES string of the molecule is Cc1ccccc1CC(C(=O)Cl)c1ccc(F)cc1. The van der Waals surface area contributed by atoms with E-state index in [-0.39, 0.29) is 5.82 Å². The van der Waals surface area contributed by atoms with Crippen molar-refractivity contribution in [2.24, 2.45) is 0 Å². The molecule has 1 atom stereocenters. The molecule has 0 aliphatic rings. The third-order valence-electron chi connectivity index (χ3n) is 3.23. The summed E-state index contributed by atoms with van der Waals surface area (Å²) >= 11 is 5.69. The van der Waals surface area contributed by atoms with Gasteiger partial charge in [0.05, 0.1) is 5.92 Å². The van der Waals surface area contributed by atoms with Crippen molar-refractivity contribution in [1.29, 1.82) is 0 Å². The second-order valence-electron chi connectivity index (χ2n) is 4.54. The Bertz CT molecular complexity index is 578. The van der Waals surface area contributed by atoms with Gasteiger partial charge in [-0.3, -0.25) is 4.79 Å². The zero-order chi connectivity index (χ0) is 13.8. The predicted molar refractivity (Wildman–Crippen MR) is 74.9 cm³/mol. The molecule has 1 unspecified atom stereocenters. The molecule has 2 rings (SSSR count). The Hall–Kier alpha value is -1.67. The second kappa shape index (κ2) is 5.98. The van der Waals surface area contributed by atoms with Gasteiger partial charge in [-0.2, -0.15) is 0 Å². The molecule has 0 aromatic heterocycles. The van der Waals surface area contributed by atoms with Crippen LogP contribution in [0.5, 0.6) is 0 Å². The third-order valence-corrected chi connectivity index (χ3v) is 3.50. The van der Waals surface area contributed by atoms with Crippen LogP contribution in [0.15, 0.2) is 48.5 Å². The zero-order valence-electron chi connectivity index (χ0n) is 10.6. The van der Waals surface area contributed by atoms with Crippen LogP contribution in [-0.2, 0) is 11.2 Å². The number of halogens is 2. The number of rotatable bonds is 4. The van der Waals surface area contributed by atoms with E-state index in [1.54, 1.807) is 12.1 Å². The minimum absolute atomic E-state index is 0.319. The molecule has 0 aliphatic carbocycles. The molecule has 3 heteroatoms. The number of benzene rings is 2. The lowest BCUT2D eigenvalue weighted by atomic mass is 9.91. The number of carbonyl (C=O) groups is 1. The smallest absolute Gasteiger partial charge is 0.229 e. The minimum atomic E-state index is -0.441. The van der Waals surface area contributed by atoms with Gasteiger partial charge in [0.25, 0.3) is 0 Å². The minimum Gasteiger partial charge on any atom is -0.281 e. The summed E-state index contributed by atoms with van der Waals surface area (Å²) in [5.41, 5.74) is 2.93. The lowest BCUT2D eigenvalue weighted by Crippen LogP contribution is -2.11. The van der Waals surface area contributed by atoms with Gasteiger partial charge in [0, 0.05) is 0 Å². The first kappa shape index (κ1) is 13.8. The summed E-state index contributed by atoms with van der Waals surface area (Å²) in [5.74, 6) is -0.760. The molecule has 19 heavy (non-hydrogen) atoms. The zero-order valence-corrected chi connectivity index (χ0v) is 11.3. The van der Waals surface area contributed by atoms with Crippen LogP contribution in [0.4, 0.5) is 4.39 Å². The van der Waals surface area contributed by atoms with Crippen LogP contribution in [0.2, 0.25) is 0 Å². The quantitative estimate of drug-likeness (QED) is 0.764. The summed E-state index contributed by atoms with van der Waals surface area (Å²) in [6.45, 7) is 2.00. The molecule has 0 bridgehead atoms. The van der Waals surface area contributed by atoms with Gasteiger partial charge in [-0.1, -0.05) is 36.4 Å². The molecule has 2 aromatic carbocycles. The second-order valence-corrected chi connectivity index (χ2v) is 4.91. The Kier molecular flexibility index (Phi) is 4.33. The standard InChI is InChI=1S/C16H14ClFO/c1-11-4-2-3-5-13(11)10-15(16(17)19)12-6-8-14(18)9-7-12/h2-9,15H,10H2,1H3. The van der Waals surface area contributed by atoms with E-state index >= 15 is 0 Å². The van der Waals surface area contributed by atoms with E-state index in [4.69, 9.17) is 11.6 Å². The van der Waals surface area contributed by atoms with Crippen LogP contribution in [0.1, 0.15) is 22.6 Å². The van der Waals surface area contributed by atoms with Crippen molar-refractivity contribution in [3.63, 3.8) is 0 Å². The predicted octanol–water partition coefficient (Wildman–Crippen LogP) is 4.23. The van der Waals surface area contributed by atoms with Gasteiger partial charge in [-0.25, -0.2) is 4.39 Å². The van der Waals surface area contributed by atoms with Crippen LogP contribution in [0.3, 0.4) is 0 Å².